The van der Waals surface area contributed by atoms with Crippen LogP contribution in [0.2, 0.25) is 5.02 Å². The average Bonchev–Trinajstić information content (AvgIpc) is 2.69. The third-order valence-electron chi connectivity index (χ3n) is 1.87. The molecule has 0 saturated heterocycles. The molecule has 0 amide bonds. The molecule has 0 bridgehead atoms. The van der Waals surface area contributed by atoms with Crippen LogP contribution in [0.5, 0.6) is 0 Å². The van der Waals surface area contributed by atoms with E-state index in [1.807, 2.05) is 12.1 Å². The van der Waals surface area contributed by atoms with Crippen molar-refractivity contribution in [3.05, 3.63) is 41.4 Å². The predicted molar refractivity (Wildman–Crippen MR) is 59.7 cm³/mol. The largest absolute Gasteiger partial charge is 0.467 e. The van der Waals surface area contributed by atoms with Gasteiger partial charge in [0.15, 0.2) is 0 Å². The Labute approximate surface area is 92.1 Å². The summed E-state index contributed by atoms with van der Waals surface area (Å²) < 4.78 is 5.16. The summed E-state index contributed by atoms with van der Waals surface area (Å²) in [5.74, 6) is 1.42. The fourth-order valence-corrected chi connectivity index (χ4v) is 1.41. The zero-order valence-electron chi connectivity index (χ0n) is 7.90. The van der Waals surface area contributed by atoms with E-state index in [2.05, 4.69) is 10.3 Å². The molecule has 0 aromatic carbocycles. The van der Waals surface area contributed by atoms with E-state index < -0.39 is 0 Å². The van der Waals surface area contributed by atoms with E-state index in [0.29, 0.717) is 23.1 Å². The molecule has 0 fully saturated rings. The van der Waals surface area contributed by atoms with Gasteiger partial charge in [-0.2, -0.15) is 0 Å². The van der Waals surface area contributed by atoms with Crippen molar-refractivity contribution in [2.75, 3.05) is 11.1 Å². The standard InChI is InChI=1S/C10H10ClN3O/c11-9-4-7(12)5-13-10(9)14-6-8-2-1-3-15-8/h1-5H,6,12H2,(H,13,14). The maximum atomic E-state index is 5.93. The van der Waals surface area contributed by atoms with Crippen LogP contribution in [0.15, 0.2) is 35.1 Å². The molecule has 0 aliphatic rings. The lowest BCUT2D eigenvalue weighted by Gasteiger charge is -2.05. The van der Waals surface area contributed by atoms with E-state index >= 15 is 0 Å². The van der Waals surface area contributed by atoms with Crippen molar-refractivity contribution in [3.8, 4) is 0 Å². The quantitative estimate of drug-likeness (QED) is 0.839. The fraction of sp³-hybridized carbons (Fsp3) is 0.100. The number of nitrogens with one attached hydrogen (secondary N) is 1. The topological polar surface area (TPSA) is 64.1 Å². The van der Waals surface area contributed by atoms with Crippen LogP contribution in [0.1, 0.15) is 5.76 Å². The van der Waals surface area contributed by atoms with Crippen molar-refractivity contribution in [2.24, 2.45) is 0 Å². The molecular formula is C10H10ClN3O. The Morgan fingerprint density at radius 3 is 3.07 bits per heavy atom. The molecule has 2 aromatic rings. The molecule has 0 atom stereocenters. The first-order valence-corrected chi connectivity index (χ1v) is 4.81. The van der Waals surface area contributed by atoms with E-state index in [4.69, 9.17) is 21.8 Å². The van der Waals surface area contributed by atoms with Crippen LogP contribution < -0.4 is 11.1 Å². The highest BCUT2D eigenvalue weighted by atomic mass is 35.5. The maximum Gasteiger partial charge on any atom is 0.145 e. The number of nitrogen functional groups attached to an aromatic ring is 1. The number of pyridine rings is 1. The van der Waals surface area contributed by atoms with E-state index in [1.54, 1.807) is 18.5 Å². The number of halogens is 1. The van der Waals surface area contributed by atoms with Gasteiger partial charge in [-0.25, -0.2) is 4.98 Å². The van der Waals surface area contributed by atoms with Crippen LogP contribution in [0.3, 0.4) is 0 Å². The van der Waals surface area contributed by atoms with Crippen LogP contribution in [0.25, 0.3) is 0 Å². The van der Waals surface area contributed by atoms with Crippen LogP contribution in [-0.2, 0) is 6.54 Å². The zero-order valence-corrected chi connectivity index (χ0v) is 8.66. The lowest BCUT2D eigenvalue weighted by atomic mass is 10.4. The van der Waals surface area contributed by atoms with Gasteiger partial charge in [-0.3, -0.25) is 0 Å². The summed E-state index contributed by atoms with van der Waals surface area (Å²) in [5, 5.41) is 3.55. The van der Waals surface area contributed by atoms with Crippen molar-refractivity contribution >= 4 is 23.1 Å². The number of aromatic nitrogens is 1. The molecule has 78 valence electrons. The van der Waals surface area contributed by atoms with Crippen molar-refractivity contribution in [1.82, 2.24) is 4.98 Å². The Balaban J connectivity index is 2.05. The van der Waals surface area contributed by atoms with E-state index in [-0.39, 0.29) is 0 Å². The van der Waals surface area contributed by atoms with Gasteiger partial charge in [-0.15, -0.1) is 0 Å². The van der Waals surface area contributed by atoms with Gasteiger partial charge in [0.2, 0.25) is 0 Å². The lowest BCUT2D eigenvalue weighted by molar-refractivity contribution is 0.518. The Hall–Kier alpha value is -1.68. The average molecular weight is 224 g/mol. The van der Waals surface area contributed by atoms with Crippen molar-refractivity contribution in [3.63, 3.8) is 0 Å². The first-order chi connectivity index (χ1) is 7.25. The van der Waals surface area contributed by atoms with Crippen LogP contribution in [0, 0.1) is 0 Å². The van der Waals surface area contributed by atoms with Gasteiger partial charge in [-0.1, -0.05) is 11.6 Å². The van der Waals surface area contributed by atoms with E-state index in [1.165, 1.54) is 0 Å². The molecule has 5 heteroatoms. The number of nitrogens with two attached hydrogens (primary N) is 1. The van der Waals surface area contributed by atoms with E-state index in [0.717, 1.165) is 5.76 Å². The number of furan rings is 1. The van der Waals surface area contributed by atoms with Crippen LogP contribution in [0.4, 0.5) is 11.5 Å². The number of rotatable bonds is 3. The van der Waals surface area contributed by atoms with Gasteiger partial charge >= 0.3 is 0 Å². The van der Waals surface area contributed by atoms with Crippen LogP contribution >= 0.6 is 11.6 Å². The second kappa shape index (κ2) is 4.23. The maximum absolute atomic E-state index is 5.93. The normalized spacial score (nSPS) is 10.2. The first-order valence-electron chi connectivity index (χ1n) is 4.43. The Bertz CT molecular complexity index is 442. The molecule has 4 nitrogen and oxygen atoms in total. The van der Waals surface area contributed by atoms with Gasteiger partial charge in [0, 0.05) is 0 Å². The van der Waals surface area contributed by atoms with Crippen molar-refractivity contribution < 1.29 is 4.42 Å². The van der Waals surface area contributed by atoms with Crippen molar-refractivity contribution in [1.29, 1.82) is 0 Å². The third kappa shape index (κ3) is 2.41. The summed E-state index contributed by atoms with van der Waals surface area (Å²) in [5.41, 5.74) is 6.07. The minimum absolute atomic E-state index is 0.501. The zero-order chi connectivity index (χ0) is 10.7. The molecule has 2 aromatic heterocycles. The number of hydrogen-bond donors (Lipinski definition) is 2. The van der Waals surface area contributed by atoms with Crippen molar-refractivity contribution in [2.45, 2.75) is 6.54 Å². The smallest absolute Gasteiger partial charge is 0.145 e. The predicted octanol–water partition coefficient (Wildman–Crippen LogP) is 2.52. The second-order valence-electron chi connectivity index (χ2n) is 3.03. The molecular weight excluding hydrogens is 214 g/mol. The van der Waals surface area contributed by atoms with Gasteiger partial charge in [0.05, 0.1) is 29.7 Å². The highest BCUT2D eigenvalue weighted by molar-refractivity contribution is 6.33. The molecule has 2 heterocycles. The Morgan fingerprint density at radius 2 is 2.40 bits per heavy atom. The number of hydrogen-bond acceptors (Lipinski definition) is 4. The number of nitrogens with zero attached hydrogens (tertiary/aromatic N) is 1. The summed E-state index contributed by atoms with van der Waals surface area (Å²) in [6, 6.07) is 5.35. The van der Waals surface area contributed by atoms with Crippen LogP contribution in [-0.4, -0.2) is 4.98 Å². The molecule has 15 heavy (non-hydrogen) atoms. The summed E-state index contributed by atoms with van der Waals surface area (Å²) >= 11 is 5.93. The minimum Gasteiger partial charge on any atom is -0.467 e. The SMILES string of the molecule is Nc1cnc(NCc2ccco2)c(Cl)c1. The third-order valence-corrected chi connectivity index (χ3v) is 2.16. The molecule has 0 aliphatic heterocycles. The Kier molecular flexibility index (Phi) is 2.78. The monoisotopic (exact) mass is 223 g/mol. The molecule has 0 aliphatic carbocycles. The van der Waals surface area contributed by atoms with Gasteiger partial charge in [0.1, 0.15) is 11.6 Å². The summed E-state index contributed by atoms with van der Waals surface area (Å²) in [6.07, 6.45) is 3.17. The minimum atomic E-state index is 0.501. The highest BCUT2D eigenvalue weighted by Gasteiger charge is 2.02. The first kappa shape index (κ1) is 9.86. The lowest BCUT2D eigenvalue weighted by Crippen LogP contribution is -2.01. The summed E-state index contributed by atoms with van der Waals surface area (Å²) in [6.45, 7) is 0.545. The van der Waals surface area contributed by atoms with Gasteiger partial charge < -0.3 is 15.5 Å². The highest BCUT2D eigenvalue weighted by Crippen LogP contribution is 2.21. The molecule has 2 rings (SSSR count). The molecule has 3 N–H and O–H groups in total. The molecule has 0 radical (unpaired) electrons. The fourth-order valence-electron chi connectivity index (χ4n) is 1.17. The van der Waals surface area contributed by atoms with Gasteiger partial charge in [0.25, 0.3) is 0 Å². The molecule has 0 spiro atoms. The Morgan fingerprint density at radius 1 is 1.53 bits per heavy atom. The second-order valence-corrected chi connectivity index (χ2v) is 3.44. The van der Waals surface area contributed by atoms with E-state index in [9.17, 15) is 0 Å². The summed E-state index contributed by atoms with van der Waals surface area (Å²) in [7, 11) is 0. The molecule has 0 saturated carbocycles. The summed E-state index contributed by atoms with van der Waals surface area (Å²) in [4.78, 5) is 4.07. The van der Waals surface area contributed by atoms with Gasteiger partial charge in [-0.05, 0) is 18.2 Å². The number of anilines is 2. The molecule has 0 unspecified atom stereocenters.